The van der Waals surface area contributed by atoms with Crippen LogP contribution in [0.15, 0.2) is 71.9 Å². The number of nitrogens with zero attached hydrogens (tertiary/aromatic N) is 1. The van der Waals surface area contributed by atoms with Crippen molar-refractivity contribution in [2.75, 3.05) is 0 Å². The predicted molar refractivity (Wildman–Crippen MR) is 108 cm³/mol. The Labute approximate surface area is 167 Å². The highest BCUT2D eigenvalue weighted by Gasteiger charge is 2.37. The number of nitrogens with two attached hydrogens (primary N) is 1. The molecule has 29 heavy (non-hydrogen) atoms. The molecule has 0 radical (unpaired) electrons. The number of amidine groups is 1. The van der Waals surface area contributed by atoms with Gasteiger partial charge in [-0.25, -0.2) is 0 Å². The van der Waals surface area contributed by atoms with Crippen molar-refractivity contribution in [3.05, 3.63) is 82.2 Å². The Bertz CT molecular complexity index is 1220. The van der Waals surface area contributed by atoms with Gasteiger partial charge in [0.05, 0.1) is 4.88 Å². The van der Waals surface area contributed by atoms with E-state index < -0.39 is 17.0 Å². The van der Waals surface area contributed by atoms with Gasteiger partial charge in [0.15, 0.2) is 0 Å². The number of aromatic nitrogens is 1. The highest BCUT2D eigenvalue weighted by Crippen LogP contribution is 2.43. The lowest BCUT2D eigenvalue weighted by Gasteiger charge is -2.07. The molecule has 0 bridgehead atoms. The van der Waals surface area contributed by atoms with Crippen molar-refractivity contribution < 1.29 is 18.0 Å². The molecule has 0 atom stereocenters. The zero-order valence-electron chi connectivity index (χ0n) is 14.8. The Morgan fingerprint density at radius 3 is 2.52 bits per heavy atom. The number of carbonyl (C=O) groups excluding carboxylic acids is 1. The molecule has 0 spiro atoms. The summed E-state index contributed by atoms with van der Waals surface area (Å²) in [5.74, 6) is -0.865. The lowest BCUT2D eigenvalue weighted by atomic mass is 10.1. The molecule has 8 heteroatoms. The van der Waals surface area contributed by atoms with Crippen LogP contribution in [0.25, 0.3) is 22.0 Å². The molecule has 0 aliphatic heterocycles. The molecule has 2 aromatic carbocycles. The average molecular weight is 413 g/mol. The summed E-state index contributed by atoms with van der Waals surface area (Å²) < 4.78 is 40.5. The fourth-order valence-electron chi connectivity index (χ4n) is 2.98. The van der Waals surface area contributed by atoms with E-state index in [0.717, 1.165) is 10.9 Å². The Morgan fingerprint density at radius 2 is 1.79 bits per heavy atom. The molecule has 4 nitrogen and oxygen atoms in total. The van der Waals surface area contributed by atoms with E-state index in [4.69, 9.17) is 5.73 Å². The fourth-order valence-corrected chi connectivity index (χ4v) is 3.91. The number of hydrogen-bond acceptors (Lipinski definition) is 2. The molecular weight excluding hydrogens is 399 g/mol. The summed E-state index contributed by atoms with van der Waals surface area (Å²) in [6.45, 7) is 0. The van der Waals surface area contributed by atoms with Gasteiger partial charge in [0.25, 0.3) is 5.91 Å². The number of H-pyrrole nitrogens is 1. The molecule has 3 N–H and O–H groups in total. The first-order chi connectivity index (χ1) is 13.8. The third kappa shape index (κ3) is 3.79. The SMILES string of the molecule is NC(=NC(=O)c1cc(-c2ccccc2)c(C(F)(F)F)s1)c1ccc2[nH]ccc2c1. The van der Waals surface area contributed by atoms with Gasteiger partial charge in [-0.15, -0.1) is 11.3 Å². The van der Waals surface area contributed by atoms with Crippen molar-refractivity contribution in [2.45, 2.75) is 6.18 Å². The number of carbonyl (C=O) groups is 1. The topological polar surface area (TPSA) is 71.2 Å². The molecule has 2 aromatic heterocycles. The van der Waals surface area contributed by atoms with Gasteiger partial charge in [-0.1, -0.05) is 30.3 Å². The van der Waals surface area contributed by atoms with E-state index >= 15 is 0 Å². The number of fused-ring (bicyclic) bond motifs is 1. The Kier molecular flexibility index (Phi) is 4.71. The predicted octanol–water partition coefficient (Wildman–Crippen LogP) is 5.46. The second-order valence-electron chi connectivity index (χ2n) is 6.30. The van der Waals surface area contributed by atoms with E-state index in [1.807, 2.05) is 6.07 Å². The molecule has 4 aromatic rings. The summed E-state index contributed by atoms with van der Waals surface area (Å²) in [6, 6.07) is 16.4. The van der Waals surface area contributed by atoms with Gasteiger partial charge in [-0.2, -0.15) is 18.2 Å². The van der Waals surface area contributed by atoms with E-state index in [-0.39, 0.29) is 16.3 Å². The lowest BCUT2D eigenvalue weighted by Crippen LogP contribution is -2.15. The van der Waals surface area contributed by atoms with Gasteiger partial charge in [-0.05, 0) is 35.9 Å². The van der Waals surface area contributed by atoms with Crippen LogP contribution in [0.2, 0.25) is 0 Å². The maximum absolute atomic E-state index is 13.5. The maximum atomic E-state index is 13.5. The number of nitrogens with one attached hydrogen (secondary N) is 1. The molecule has 4 rings (SSSR count). The van der Waals surface area contributed by atoms with Crippen molar-refractivity contribution in [2.24, 2.45) is 10.7 Å². The second kappa shape index (κ2) is 7.21. The molecule has 0 saturated carbocycles. The van der Waals surface area contributed by atoms with Gasteiger partial charge in [0, 0.05) is 28.2 Å². The second-order valence-corrected chi connectivity index (χ2v) is 7.35. The number of amides is 1. The van der Waals surface area contributed by atoms with Crippen LogP contribution in [-0.2, 0) is 6.18 Å². The molecule has 0 aliphatic carbocycles. The van der Waals surface area contributed by atoms with Gasteiger partial charge in [0.2, 0.25) is 0 Å². The standard InChI is InChI=1S/C21H14F3N3OS/c22-21(23,24)18-15(12-4-2-1-3-5-12)11-17(29-18)20(28)27-19(25)14-6-7-16-13(10-14)8-9-26-16/h1-11,26H,(H2,25,27,28). The van der Waals surface area contributed by atoms with Crippen LogP contribution < -0.4 is 5.73 Å². The molecule has 146 valence electrons. The van der Waals surface area contributed by atoms with E-state index in [0.29, 0.717) is 22.5 Å². The quantitative estimate of drug-likeness (QED) is 0.346. The summed E-state index contributed by atoms with van der Waals surface area (Å²) in [5.41, 5.74) is 7.68. The normalized spacial score (nSPS) is 12.4. The first-order valence-electron chi connectivity index (χ1n) is 8.55. The van der Waals surface area contributed by atoms with Crippen LogP contribution in [0.3, 0.4) is 0 Å². The zero-order valence-corrected chi connectivity index (χ0v) is 15.6. The van der Waals surface area contributed by atoms with Crippen LogP contribution in [0.5, 0.6) is 0 Å². The van der Waals surface area contributed by atoms with E-state index in [1.165, 1.54) is 6.07 Å². The number of alkyl halides is 3. The van der Waals surface area contributed by atoms with Gasteiger partial charge in [0.1, 0.15) is 10.7 Å². The monoisotopic (exact) mass is 413 g/mol. The van der Waals surface area contributed by atoms with Crippen molar-refractivity contribution in [1.29, 1.82) is 0 Å². The van der Waals surface area contributed by atoms with Crippen molar-refractivity contribution in [3.8, 4) is 11.1 Å². The van der Waals surface area contributed by atoms with Gasteiger partial charge >= 0.3 is 6.18 Å². The van der Waals surface area contributed by atoms with Crippen molar-refractivity contribution in [3.63, 3.8) is 0 Å². The Hall–Kier alpha value is -3.39. The molecule has 0 aliphatic rings. The minimum Gasteiger partial charge on any atom is -0.383 e. The van der Waals surface area contributed by atoms with E-state index in [2.05, 4.69) is 9.98 Å². The van der Waals surface area contributed by atoms with E-state index in [9.17, 15) is 18.0 Å². The number of hydrogen-bond donors (Lipinski definition) is 2. The van der Waals surface area contributed by atoms with Crippen LogP contribution in [-0.4, -0.2) is 16.7 Å². The zero-order chi connectivity index (χ0) is 20.6. The minimum atomic E-state index is -4.58. The number of benzene rings is 2. The first-order valence-corrected chi connectivity index (χ1v) is 9.37. The third-order valence-electron chi connectivity index (χ3n) is 4.36. The van der Waals surface area contributed by atoms with E-state index in [1.54, 1.807) is 54.7 Å². The summed E-state index contributed by atoms with van der Waals surface area (Å²) in [6.07, 6.45) is -2.81. The molecule has 0 unspecified atom stereocenters. The highest BCUT2D eigenvalue weighted by molar-refractivity contribution is 7.14. The van der Waals surface area contributed by atoms with Crippen LogP contribution in [0, 0.1) is 0 Å². The number of thiophene rings is 1. The molecular formula is C21H14F3N3OS. The third-order valence-corrected chi connectivity index (χ3v) is 5.52. The molecule has 0 fully saturated rings. The fraction of sp³-hybridized carbons (Fsp3) is 0.0476. The van der Waals surface area contributed by atoms with Crippen LogP contribution in [0.1, 0.15) is 20.1 Å². The van der Waals surface area contributed by atoms with Crippen LogP contribution in [0.4, 0.5) is 13.2 Å². The summed E-state index contributed by atoms with van der Waals surface area (Å²) in [5, 5.41) is 0.884. The maximum Gasteiger partial charge on any atom is 0.426 e. The summed E-state index contributed by atoms with van der Waals surface area (Å²) >= 11 is 0.368. The Morgan fingerprint density at radius 1 is 1.03 bits per heavy atom. The lowest BCUT2D eigenvalue weighted by molar-refractivity contribution is -0.133. The van der Waals surface area contributed by atoms with Crippen LogP contribution >= 0.6 is 11.3 Å². The summed E-state index contributed by atoms with van der Waals surface area (Å²) in [4.78, 5) is 18.4. The number of rotatable bonds is 3. The van der Waals surface area contributed by atoms with Gasteiger partial charge < -0.3 is 10.7 Å². The van der Waals surface area contributed by atoms with Crippen molar-refractivity contribution in [1.82, 2.24) is 4.98 Å². The van der Waals surface area contributed by atoms with Crippen molar-refractivity contribution >= 4 is 34.0 Å². The molecule has 0 saturated heterocycles. The molecule has 1 amide bonds. The first kappa shape index (κ1) is 18.9. The number of aromatic amines is 1. The average Bonchev–Trinajstić information content (AvgIpc) is 3.35. The smallest absolute Gasteiger partial charge is 0.383 e. The highest BCUT2D eigenvalue weighted by atomic mass is 32.1. The molecule has 2 heterocycles. The van der Waals surface area contributed by atoms with Gasteiger partial charge in [-0.3, -0.25) is 4.79 Å². The largest absolute Gasteiger partial charge is 0.426 e. The number of halogens is 3. The Balaban J connectivity index is 1.71. The summed E-state index contributed by atoms with van der Waals surface area (Å²) in [7, 11) is 0. The minimum absolute atomic E-state index is 0.0473. The number of aliphatic imine (C=N–C) groups is 1.